The monoisotopic (exact) mass is 451 g/mol. The Bertz CT molecular complexity index is 1220. The van der Waals surface area contributed by atoms with E-state index in [0.29, 0.717) is 28.0 Å². The Morgan fingerprint density at radius 1 is 1.12 bits per heavy atom. The van der Waals surface area contributed by atoms with E-state index < -0.39 is 0 Å². The summed E-state index contributed by atoms with van der Waals surface area (Å²) in [4.78, 5) is 17.6. The van der Waals surface area contributed by atoms with E-state index in [1.165, 1.54) is 12.8 Å². The van der Waals surface area contributed by atoms with Crippen LogP contribution in [0.2, 0.25) is 5.02 Å². The lowest BCUT2D eigenvalue weighted by Gasteiger charge is -2.17. The fraction of sp³-hybridized carbons (Fsp3) is 0.333. The van der Waals surface area contributed by atoms with Gasteiger partial charge in [0.1, 0.15) is 0 Å². The molecule has 2 aromatic heterocycles. The third-order valence-corrected chi connectivity index (χ3v) is 6.02. The fourth-order valence-electron chi connectivity index (χ4n) is 3.85. The summed E-state index contributed by atoms with van der Waals surface area (Å²) in [5.41, 5.74) is 2.62. The van der Waals surface area contributed by atoms with Gasteiger partial charge >= 0.3 is 0 Å². The molecular weight excluding hydrogens is 426 g/mol. The quantitative estimate of drug-likeness (QED) is 0.327. The number of nitrogens with zero attached hydrogens (tertiary/aromatic N) is 4. The van der Waals surface area contributed by atoms with Gasteiger partial charge in [-0.05, 0) is 46.9 Å². The van der Waals surface area contributed by atoms with Crippen molar-refractivity contribution < 1.29 is 9.42 Å². The number of anilines is 1. The van der Waals surface area contributed by atoms with Crippen LogP contribution in [0.3, 0.4) is 0 Å². The number of fused-ring (bicyclic) bond motifs is 1. The third kappa shape index (κ3) is 4.53. The molecule has 166 valence electrons. The normalized spacial score (nSPS) is 12.2. The summed E-state index contributed by atoms with van der Waals surface area (Å²) in [5, 5.41) is 11.2. The van der Waals surface area contributed by atoms with Crippen LogP contribution in [-0.2, 0) is 6.54 Å². The van der Waals surface area contributed by atoms with Crippen LogP contribution in [0, 0.1) is 5.92 Å². The molecule has 0 saturated carbocycles. The molecule has 0 aliphatic rings. The van der Waals surface area contributed by atoms with Gasteiger partial charge in [0.25, 0.3) is 5.91 Å². The van der Waals surface area contributed by atoms with Crippen molar-refractivity contribution in [3.8, 4) is 11.5 Å². The number of hydrogen-bond acceptors (Lipinski definition) is 5. The number of carbonyl (C=O) groups is 1. The van der Waals surface area contributed by atoms with Gasteiger partial charge in [-0.2, -0.15) is 0 Å². The Balaban J connectivity index is 1.71. The smallest absolute Gasteiger partial charge is 0.258 e. The molecule has 0 unspecified atom stereocenters. The largest absolute Gasteiger partial charge is 0.322 e. The SMILES string of the molecule is CCCC[C@H](CC)Cn1c(-c2nonc2NC(=O)c2ccccc2Cl)nc2ccccc21. The number of hydrogen-bond donors (Lipinski definition) is 1. The third-order valence-electron chi connectivity index (χ3n) is 5.69. The maximum Gasteiger partial charge on any atom is 0.258 e. The van der Waals surface area contributed by atoms with Gasteiger partial charge in [0.05, 0.1) is 21.6 Å². The van der Waals surface area contributed by atoms with Gasteiger partial charge in [0.2, 0.25) is 5.82 Å². The van der Waals surface area contributed by atoms with E-state index >= 15 is 0 Å². The number of halogens is 1. The minimum absolute atomic E-state index is 0.216. The van der Waals surface area contributed by atoms with E-state index in [9.17, 15) is 4.79 Å². The van der Waals surface area contributed by atoms with Gasteiger partial charge in [-0.25, -0.2) is 9.61 Å². The van der Waals surface area contributed by atoms with Crippen LogP contribution in [0.15, 0.2) is 53.2 Å². The summed E-state index contributed by atoms with van der Waals surface area (Å²) in [6.07, 6.45) is 4.57. The molecule has 0 radical (unpaired) electrons. The topological polar surface area (TPSA) is 85.8 Å². The molecule has 0 fully saturated rings. The minimum Gasteiger partial charge on any atom is -0.322 e. The molecule has 4 aromatic rings. The van der Waals surface area contributed by atoms with Crippen molar-refractivity contribution in [1.82, 2.24) is 19.9 Å². The van der Waals surface area contributed by atoms with Crippen molar-refractivity contribution in [3.05, 3.63) is 59.1 Å². The molecule has 8 heteroatoms. The number of imidazole rings is 1. The maximum atomic E-state index is 12.8. The number of amides is 1. The van der Waals surface area contributed by atoms with E-state index in [0.717, 1.165) is 30.4 Å². The predicted molar refractivity (Wildman–Crippen MR) is 126 cm³/mol. The first-order chi connectivity index (χ1) is 15.6. The highest BCUT2D eigenvalue weighted by Crippen LogP contribution is 2.30. The molecule has 1 atom stereocenters. The molecule has 0 spiro atoms. The van der Waals surface area contributed by atoms with E-state index in [1.54, 1.807) is 24.3 Å². The number of nitrogens with one attached hydrogen (secondary N) is 1. The lowest BCUT2D eigenvalue weighted by atomic mass is 9.99. The summed E-state index contributed by atoms with van der Waals surface area (Å²) in [7, 11) is 0. The minimum atomic E-state index is -0.385. The van der Waals surface area contributed by atoms with Gasteiger partial charge in [0.15, 0.2) is 11.5 Å². The van der Waals surface area contributed by atoms with Crippen molar-refractivity contribution in [1.29, 1.82) is 0 Å². The number of rotatable bonds is 9. The van der Waals surface area contributed by atoms with Crippen molar-refractivity contribution >= 4 is 34.4 Å². The molecule has 0 saturated heterocycles. The molecule has 32 heavy (non-hydrogen) atoms. The maximum absolute atomic E-state index is 12.8. The van der Waals surface area contributed by atoms with E-state index in [-0.39, 0.29) is 11.7 Å². The van der Waals surface area contributed by atoms with Gasteiger partial charge in [-0.3, -0.25) is 4.79 Å². The lowest BCUT2D eigenvalue weighted by Crippen LogP contribution is -2.15. The summed E-state index contributed by atoms with van der Waals surface area (Å²) < 4.78 is 7.17. The lowest BCUT2D eigenvalue weighted by molar-refractivity contribution is 0.102. The van der Waals surface area contributed by atoms with Crippen LogP contribution in [0.1, 0.15) is 49.9 Å². The Morgan fingerprint density at radius 2 is 1.91 bits per heavy atom. The van der Waals surface area contributed by atoms with Crippen molar-refractivity contribution in [2.75, 3.05) is 5.32 Å². The summed E-state index contributed by atoms with van der Waals surface area (Å²) in [5.74, 6) is 0.960. The van der Waals surface area contributed by atoms with Crippen LogP contribution in [0.25, 0.3) is 22.6 Å². The molecule has 0 aliphatic heterocycles. The highest BCUT2D eigenvalue weighted by atomic mass is 35.5. The molecule has 7 nitrogen and oxygen atoms in total. The van der Waals surface area contributed by atoms with E-state index in [4.69, 9.17) is 21.2 Å². The van der Waals surface area contributed by atoms with Gasteiger partial charge < -0.3 is 9.88 Å². The second kappa shape index (κ2) is 9.96. The van der Waals surface area contributed by atoms with Gasteiger partial charge in [-0.1, -0.05) is 69.0 Å². The number of unbranched alkanes of at least 4 members (excludes halogenated alkanes) is 1. The van der Waals surface area contributed by atoms with Crippen LogP contribution >= 0.6 is 11.6 Å². The first kappa shape index (κ1) is 22.0. The average Bonchev–Trinajstić information content (AvgIpc) is 3.41. The van der Waals surface area contributed by atoms with Crippen LogP contribution < -0.4 is 5.32 Å². The zero-order valence-corrected chi connectivity index (χ0v) is 19.0. The van der Waals surface area contributed by atoms with Crippen LogP contribution in [0.5, 0.6) is 0 Å². The van der Waals surface area contributed by atoms with Crippen LogP contribution in [0.4, 0.5) is 5.82 Å². The zero-order valence-electron chi connectivity index (χ0n) is 18.2. The van der Waals surface area contributed by atoms with Crippen molar-refractivity contribution in [2.45, 2.75) is 46.1 Å². The average molecular weight is 452 g/mol. The standard InChI is InChI=1S/C24H26ClN5O2/c1-3-5-10-16(4-2)15-30-20-14-9-8-13-19(20)26-23(30)21-22(29-32-28-21)27-24(31)17-11-6-7-12-18(17)25/h6-9,11-14,16H,3-5,10,15H2,1-2H3,(H,27,29,31)/t16-/m0/s1. The Labute approximate surface area is 191 Å². The van der Waals surface area contributed by atoms with Crippen molar-refractivity contribution in [2.24, 2.45) is 5.92 Å². The van der Waals surface area contributed by atoms with Crippen LogP contribution in [-0.4, -0.2) is 25.8 Å². The summed E-state index contributed by atoms with van der Waals surface area (Å²) in [6.45, 7) is 5.23. The molecule has 1 amide bonds. The molecule has 1 N–H and O–H groups in total. The summed E-state index contributed by atoms with van der Waals surface area (Å²) >= 11 is 6.17. The number of carbonyl (C=O) groups excluding carboxylic acids is 1. The Morgan fingerprint density at radius 3 is 2.69 bits per heavy atom. The Hall–Kier alpha value is -3.19. The molecule has 2 heterocycles. The van der Waals surface area contributed by atoms with Gasteiger partial charge in [-0.15, -0.1) is 0 Å². The molecular formula is C24H26ClN5O2. The molecule has 0 bridgehead atoms. The van der Waals surface area contributed by atoms with Crippen molar-refractivity contribution in [3.63, 3.8) is 0 Å². The number of benzene rings is 2. The van der Waals surface area contributed by atoms with E-state index in [2.05, 4.69) is 34.0 Å². The summed E-state index contributed by atoms with van der Waals surface area (Å²) in [6, 6.07) is 14.8. The second-order valence-corrected chi connectivity index (χ2v) is 8.25. The number of aromatic nitrogens is 4. The first-order valence-electron chi connectivity index (χ1n) is 11.0. The molecule has 4 rings (SSSR count). The second-order valence-electron chi connectivity index (χ2n) is 7.85. The van der Waals surface area contributed by atoms with Gasteiger partial charge in [0, 0.05) is 6.54 Å². The van der Waals surface area contributed by atoms with E-state index in [1.807, 2.05) is 24.3 Å². The Kier molecular flexibility index (Phi) is 6.85. The predicted octanol–water partition coefficient (Wildman–Crippen LogP) is 6.21. The highest BCUT2D eigenvalue weighted by Gasteiger charge is 2.24. The first-order valence-corrected chi connectivity index (χ1v) is 11.3. The fourth-order valence-corrected chi connectivity index (χ4v) is 4.08. The molecule has 0 aliphatic carbocycles. The number of para-hydroxylation sites is 2. The molecule has 2 aromatic carbocycles. The highest BCUT2D eigenvalue weighted by molar-refractivity contribution is 6.34. The zero-order chi connectivity index (χ0) is 22.5.